The van der Waals surface area contributed by atoms with Crippen LogP contribution in [0, 0.1) is 0 Å². The van der Waals surface area contributed by atoms with Crippen molar-refractivity contribution in [1.82, 2.24) is 0 Å². The lowest BCUT2D eigenvalue weighted by atomic mass is 10.0. The average molecular weight is 359 g/mol. The molecule has 0 amide bonds. The fraction of sp³-hybridized carbons (Fsp3) is 0.462. The summed E-state index contributed by atoms with van der Waals surface area (Å²) in [6.07, 6.45) is 3.73. The summed E-state index contributed by atoms with van der Waals surface area (Å²) >= 11 is 7.14. The zero-order valence-electron chi connectivity index (χ0n) is 9.33. The first-order valence-corrected chi connectivity index (χ1v) is 7.49. The van der Waals surface area contributed by atoms with E-state index in [9.17, 15) is 4.79 Å². The van der Waals surface area contributed by atoms with Crippen LogP contribution in [-0.4, -0.2) is 17.9 Å². The van der Waals surface area contributed by atoms with Crippen molar-refractivity contribution in [3.8, 4) is 0 Å². The number of carbonyl (C=O) groups is 1. The fourth-order valence-corrected chi connectivity index (χ4v) is 3.85. The van der Waals surface area contributed by atoms with Crippen LogP contribution in [0.3, 0.4) is 0 Å². The molecule has 90 valence electrons. The Kier molecular flexibility index (Phi) is 3.03. The quantitative estimate of drug-likeness (QED) is 0.758. The first kappa shape index (κ1) is 11.7. The molecule has 1 aromatic carbocycles. The Labute approximate surface area is 118 Å². The van der Waals surface area contributed by atoms with Crippen molar-refractivity contribution in [3.63, 3.8) is 0 Å². The van der Waals surface area contributed by atoms with E-state index in [1.807, 2.05) is 6.07 Å². The van der Waals surface area contributed by atoms with Crippen LogP contribution in [0.1, 0.15) is 25.7 Å². The van der Waals surface area contributed by atoms with Crippen LogP contribution < -0.4 is 4.90 Å². The molecule has 0 saturated carbocycles. The summed E-state index contributed by atoms with van der Waals surface area (Å²) in [4.78, 5) is 14.0. The number of benzene rings is 1. The first-order chi connectivity index (χ1) is 8.15. The number of halogens is 2. The van der Waals surface area contributed by atoms with Crippen LogP contribution in [0.25, 0.3) is 0 Å². The van der Waals surface area contributed by atoms with E-state index in [0.717, 1.165) is 34.6 Å². The standard InChI is InChI=1S/C13H13Br2NO/c14-8-1-4-12(15)13(5-8)16-9-2-3-10(16)7-11(17)6-9/h1,4-5,9-10H,2-3,6-7H2. The third-order valence-electron chi connectivity index (χ3n) is 3.73. The van der Waals surface area contributed by atoms with Crippen molar-refractivity contribution in [2.45, 2.75) is 37.8 Å². The number of hydrogen-bond donors (Lipinski definition) is 0. The molecule has 17 heavy (non-hydrogen) atoms. The fourth-order valence-electron chi connectivity index (χ4n) is 3.05. The van der Waals surface area contributed by atoms with Crippen LogP contribution in [-0.2, 0) is 4.79 Å². The van der Waals surface area contributed by atoms with E-state index in [-0.39, 0.29) is 0 Å². The lowest BCUT2D eigenvalue weighted by molar-refractivity contribution is -0.120. The number of carbonyl (C=O) groups excluding carboxylic acids is 1. The maximum Gasteiger partial charge on any atom is 0.137 e. The first-order valence-electron chi connectivity index (χ1n) is 5.90. The van der Waals surface area contributed by atoms with E-state index >= 15 is 0 Å². The minimum Gasteiger partial charge on any atom is -0.364 e. The summed E-state index contributed by atoms with van der Waals surface area (Å²) < 4.78 is 2.21. The van der Waals surface area contributed by atoms with Gasteiger partial charge in [-0.25, -0.2) is 0 Å². The molecule has 2 saturated heterocycles. The second-order valence-corrected chi connectivity index (χ2v) is 6.60. The number of ketones is 1. The van der Waals surface area contributed by atoms with Gasteiger partial charge in [0, 0.05) is 33.9 Å². The van der Waals surface area contributed by atoms with Crippen molar-refractivity contribution in [1.29, 1.82) is 0 Å². The van der Waals surface area contributed by atoms with E-state index in [4.69, 9.17) is 0 Å². The largest absolute Gasteiger partial charge is 0.364 e. The number of hydrogen-bond acceptors (Lipinski definition) is 2. The molecule has 2 nitrogen and oxygen atoms in total. The Bertz CT molecular complexity index is 458. The second-order valence-electron chi connectivity index (χ2n) is 4.83. The zero-order chi connectivity index (χ0) is 12.0. The van der Waals surface area contributed by atoms with Crippen LogP contribution in [0.2, 0.25) is 0 Å². The smallest absolute Gasteiger partial charge is 0.137 e. The number of fused-ring (bicyclic) bond motifs is 2. The van der Waals surface area contributed by atoms with Gasteiger partial charge in [-0.1, -0.05) is 15.9 Å². The molecule has 0 aromatic heterocycles. The number of piperidine rings is 1. The highest BCUT2D eigenvalue weighted by Crippen LogP contribution is 2.41. The summed E-state index contributed by atoms with van der Waals surface area (Å²) in [5, 5.41) is 0. The third-order valence-corrected chi connectivity index (χ3v) is 4.90. The van der Waals surface area contributed by atoms with E-state index in [0.29, 0.717) is 17.9 Å². The maximum absolute atomic E-state index is 11.6. The predicted molar refractivity (Wildman–Crippen MR) is 75.4 cm³/mol. The molecule has 0 N–H and O–H groups in total. The summed E-state index contributed by atoms with van der Waals surface area (Å²) in [7, 11) is 0. The van der Waals surface area contributed by atoms with Gasteiger partial charge in [-0.15, -0.1) is 0 Å². The highest BCUT2D eigenvalue weighted by Gasteiger charge is 2.40. The minimum absolute atomic E-state index is 0.409. The van der Waals surface area contributed by atoms with Crippen molar-refractivity contribution < 1.29 is 4.79 Å². The summed E-state index contributed by atoms with van der Waals surface area (Å²) in [6, 6.07) is 7.06. The molecule has 2 aliphatic heterocycles. The average Bonchev–Trinajstić information content (AvgIpc) is 2.54. The van der Waals surface area contributed by atoms with Crippen LogP contribution in [0.15, 0.2) is 27.1 Å². The summed E-state index contributed by atoms with van der Waals surface area (Å²) in [5.41, 5.74) is 1.22. The summed E-state index contributed by atoms with van der Waals surface area (Å²) in [5.74, 6) is 0.430. The van der Waals surface area contributed by atoms with Gasteiger partial charge in [0.15, 0.2) is 0 Å². The molecule has 0 aliphatic carbocycles. The van der Waals surface area contributed by atoms with Gasteiger partial charge in [0.1, 0.15) is 5.78 Å². The molecular formula is C13H13Br2NO. The second kappa shape index (κ2) is 4.39. The highest BCUT2D eigenvalue weighted by atomic mass is 79.9. The van der Waals surface area contributed by atoms with Crippen molar-refractivity contribution in [2.24, 2.45) is 0 Å². The Morgan fingerprint density at radius 2 is 1.76 bits per heavy atom. The monoisotopic (exact) mass is 357 g/mol. The van der Waals surface area contributed by atoms with Gasteiger partial charge in [0.05, 0.1) is 5.69 Å². The van der Waals surface area contributed by atoms with E-state index in [2.05, 4.69) is 48.9 Å². The summed E-state index contributed by atoms with van der Waals surface area (Å²) in [6.45, 7) is 0. The van der Waals surface area contributed by atoms with Crippen molar-refractivity contribution in [3.05, 3.63) is 27.1 Å². The minimum atomic E-state index is 0.409. The van der Waals surface area contributed by atoms with E-state index < -0.39 is 0 Å². The normalized spacial score (nSPS) is 27.6. The molecule has 2 bridgehead atoms. The Hall–Kier alpha value is -0.350. The lowest BCUT2D eigenvalue weighted by Crippen LogP contribution is -2.43. The number of rotatable bonds is 1. The number of Topliss-reactive ketones (excluding diaryl/α,β-unsaturated/α-hetero) is 1. The highest BCUT2D eigenvalue weighted by molar-refractivity contribution is 9.11. The zero-order valence-corrected chi connectivity index (χ0v) is 12.5. The third kappa shape index (κ3) is 2.06. The molecule has 2 atom stereocenters. The number of nitrogens with zero attached hydrogens (tertiary/aromatic N) is 1. The van der Waals surface area contributed by atoms with Gasteiger partial charge in [0.2, 0.25) is 0 Å². The van der Waals surface area contributed by atoms with Gasteiger partial charge >= 0.3 is 0 Å². The molecule has 0 radical (unpaired) electrons. The lowest BCUT2D eigenvalue weighted by Gasteiger charge is -2.36. The Morgan fingerprint density at radius 3 is 2.41 bits per heavy atom. The van der Waals surface area contributed by atoms with Crippen molar-refractivity contribution in [2.75, 3.05) is 4.90 Å². The van der Waals surface area contributed by atoms with Gasteiger partial charge in [0.25, 0.3) is 0 Å². The van der Waals surface area contributed by atoms with Crippen LogP contribution in [0.4, 0.5) is 5.69 Å². The van der Waals surface area contributed by atoms with E-state index in [1.54, 1.807) is 0 Å². The van der Waals surface area contributed by atoms with Crippen LogP contribution >= 0.6 is 31.9 Å². The topological polar surface area (TPSA) is 20.3 Å². The number of anilines is 1. The van der Waals surface area contributed by atoms with Crippen LogP contribution in [0.5, 0.6) is 0 Å². The van der Waals surface area contributed by atoms with Crippen molar-refractivity contribution >= 4 is 43.3 Å². The molecule has 0 spiro atoms. The molecule has 2 fully saturated rings. The van der Waals surface area contributed by atoms with E-state index in [1.165, 1.54) is 5.69 Å². The Morgan fingerprint density at radius 1 is 1.12 bits per heavy atom. The van der Waals surface area contributed by atoms with Gasteiger partial charge in [-0.2, -0.15) is 0 Å². The SMILES string of the molecule is O=C1CC2CCC(C1)N2c1cc(Br)ccc1Br. The molecule has 4 heteroatoms. The molecule has 1 aromatic rings. The maximum atomic E-state index is 11.6. The molecule has 3 rings (SSSR count). The van der Waals surface area contributed by atoms with Gasteiger partial charge in [-0.05, 0) is 47.0 Å². The Balaban J connectivity index is 1.99. The predicted octanol–water partition coefficient (Wildman–Crippen LogP) is 3.91. The molecule has 2 aliphatic rings. The van der Waals surface area contributed by atoms with Gasteiger partial charge < -0.3 is 4.90 Å². The molecular weight excluding hydrogens is 346 g/mol. The molecule has 2 unspecified atom stereocenters. The van der Waals surface area contributed by atoms with Gasteiger partial charge in [-0.3, -0.25) is 4.79 Å². The molecule has 2 heterocycles.